The molecule has 2 aromatic rings. The molecule has 0 fully saturated rings. The Labute approximate surface area is 154 Å². The third-order valence-electron chi connectivity index (χ3n) is 3.51. The van der Waals surface area contributed by atoms with Crippen LogP contribution in [-0.4, -0.2) is 18.1 Å². The van der Waals surface area contributed by atoms with Gasteiger partial charge in [-0.05, 0) is 50.1 Å². The predicted octanol–water partition coefficient (Wildman–Crippen LogP) is 4.60. The molecule has 0 heterocycles. The lowest BCUT2D eigenvalue weighted by Gasteiger charge is -2.18. The molecule has 0 aliphatic rings. The second-order valence-electron chi connectivity index (χ2n) is 5.98. The SMILES string of the molecule is CC[C@@H](Oc1ccccc1Cl)C(=O)NCc1cccc(OC(C)C)c1. The van der Waals surface area contributed by atoms with E-state index in [1.807, 2.05) is 57.2 Å². The van der Waals surface area contributed by atoms with Crippen LogP contribution in [0.4, 0.5) is 0 Å². The number of halogens is 1. The molecule has 1 N–H and O–H groups in total. The van der Waals surface area contributed by atoms with E-state index in [1.165, 1.54) is 0 Å². The average molecular weight is 362 g/mol. The first kappa shape index (κ1) is 19.1. The maximum Gasteiger partial charge on any atom is 0.261 e. The van der Waals surface area contributed by atoms with Gasteiger partial charge in [0.05, 0.1) is 11.1 Å². The van der Waals surface area contributed by atoms with E-state index < -0.39 is 6.10 Å². The fraction of sp³-hybridized carbons (Fsp3) is 0.350. The van der Waals surface area contributed by atoms with Crippen LogP contribution in [0, 0.1) is 0 Å². The molecule has 1 amide bonds. The quantitative estimate of drug-likeness (QED) is 0.747. The highest BCUT2D eigenvalue weighted by molar-refractivity contribution is 6.32. The van der Waals surface area contributed by atoms with Gasteiger partial charge in [-0.15, -0.1) is 0 Å². The third-order valence-corrected chi connectivity index (χ3v) is 3.82. The first-order valence-corrected chi connectivity index (χ1v) is 8.82. The molecule has 0 aliphatic carbocycles. The van der Waals surface area contributed by atoms with Crippen molar-refractivity contribution in [3.63, 3.8) is 0 Å². The highest BCUT2D eigenvalue weighted by Gasteiger charge is 2.19. The van der Waals surface area contributed by atoms with Crippen molar-refractivity contribution < 1.29 is 14.3 Å². The molecule has 2 rings (SSSR count). The molecule has 1 atom stereocenters. The fourth-order valence-corrected chi connectivity index (χ4v) is 2.50. The Morgan fingerprint density at radius 2 is 1.88 bits per heavy atom. The standard InChI is InChI=1S/C20H24ClNO3/c1-4-18(25-19-11-6-5-10-17(19)21)20(23)22-13-15-8-7-9-16(12-15)24-14(2)3/h5-12,14,18H,4,13H2,1-3H3,(H,22,23)/t18-/m1/s1. The van der Waals surface area contributed by atoms with Gasteiger partial charge in [-0.1, -0.05) is 42.8 Å². The summed E-state index contributed by atoms with van der Waals surface area (Å²) in [5, 5.41) is 3.40. The maximum absolute atomic E-state index is 12.4. The van der Waals surface area contributed by atoms with Crippen LogP contribution in [0.25, 0.3) is 0 Å². The Morgan fingerprint density at radius 3 is 2.56 bits per heavy atom. The molecule has 0 radical (unpaired) electrons. The Morgan fingerprint density at radius 1 is 1.12 bits per heavy atom. The van der Waals surface area contributed by atoms with E-state index in [0.717, 1.165) is 11.3 Å². The van der Waals surface area contributed by atoms with E-state index in [9.17, 15) is 4.79 Å². The molecule has 0 unspecified atom stereocenters. The molecule has 0 bridgehead atoms. The molecule has 134 valence electrons. The summed E-state index contributed by atoms with van der Waals surface area (Å²) in [5.41, 5.74) is 0.971. The second kappa shape index (κ2) is 9.33. The number of nitrogens with one attached hydrogen (secondary N) is 1. The number of rotatable bonds is 8. The number of hydrogen-bond acceptors (Lipinski definition) is 3. The molecule has 5 heteroatoms. The van der Waals surface area contributed by atoms with Crippen molar-refractivity contribution in [1.82, 2.24) is 5.32 Å². The van der Waals surface area contributed by atoms with Crippen LogP contribution in [0.2, 0.25) is 5.02 Å². The smallest absolute Gasteiger partial charge is 0.261 e. The number of amides is 1. The molecule has 0 saturated heterocycles. The lowest BCUT2D eigenvalue weighted by Crippen LogP contribution is -2.37. The fourth-order valence-electron chi connectivity index (χ4n) is 2.32. The number of para-hydroxylation sites is 1. The van der Waals surface area contributed by atoms with Crippen LogP contribution >= 0.6 is 11.6 Å². The van der Waals surface area contributed by atoms with Gasteiger partial charge in [-0.2, -0.15) is 0 Å². The van der Waals surface area contributed by atoms with Crippen LogP contribution < -0.4 is 14.8 Å². The minimum Gasteiger partial charge on any atom is -0.491 e. The van der Waals surface area contributed by atoms with Crippen molar-refractivity contribution in [2.24, 2.45) is 0 Å². The van der Waals surface area contributed by atoms with E-state index in [2.05, 4.69) is 5.32 Å². The lowest BCUT2D eigenvalue weighted by atomic mass is 10.2. The highest BCUT2D eigenvalue weighted by Crippen LogP contribution is 2.25. The summed E-state index contributed by atoms with van der Waals surface area (Å²) in [6, 6.07) is 14.8. The zero-order chi connectivity index (χ0) is 18.2. The van der Waals surface area contributed by atoms with Gasteiger partial charge in [0.2, 0.25) is 0 Å². The number of hydrogen-bond donors (Lipinski definition) is 1. The van der Waals surface area contributed by atoms with Crippen LogP contribution in [0.5, 0.6) is 11.5 Å². The van der Waals surface area contributed by atoms with Crippen LogP contribution in [0.1, 0.15) is 32.8 Å². The summed E-state index contributed by atoms with van der Waals surface area (Å²) in [6.45, 7) is 6.27. The monoisotopic (exact) mass is 361 g/mol. The second-order valence-corrected chi connectivity index (χ2v) is 6.38. The Hall–Kier alpha value is -2.20. The van der Waals surface area contributed by atoms with Gasteiger partial charge in [0, 0.05) is 6.54 Å². The third kappa shape index (κ3) is 5.98. The van der Waals surface area contributed by atoms with Gasteiger partial charge in [0.25, 0.3) is 5.91 Å². The van der Waals surface area contributed by atoms with Gasteiger partial charge in [-0.25, -0.2) is 0 Å². The van der Waals surface area contributed by atoms with Crippen LogP contribution in [0.3, 0.4) is 0 Å². The summed E-state index contributed by atoms with van der Waals surface area (Å²) >= 11 is 6.09. The summed E-state index contributed by atoms with van der Waals surface area (Å²) in [6.07, 6.45) is 0.0708. The van der Waals surface area contributed by atoms with Gasteiger partial charge in [-0.3, -0.25) is 4.79 Å². The summed E-state index contributed by atoms with van der Waals surface area (Å²) < 4.78 is 11.4. The Balaban J connectivity index is 1.95. The molecule has 25 heavy (non-hydrogen) atoms. The van der Waals surface area contributed by atoms with Crippen LogP contribution in [-0.2, 0) is 11.3 Å². The highest BCUT2D eigenvalue weighted by atomic mass is 35.5. The summed E-state index contributed by atoms with van der Waals surface area (Å²) in [5.74, 6) is 1.14. The number of ether oxygens (including phenoxy) is 2. The van der Waals surface area contributed by atoms with Gasteiger partial charge < -0.3 is 14.8 Å². The molecule has 0 aromatic heterocycles. The van der Waals surface area contributed by atoms with E-state index in [4.69, 9.17) is 21.1 Å². The van der Waals surface area contributed by atoms with Crippen LogP contribution in [0.15, 0.2) is 48.5 Å². The molecule has 0 saturated carbocycles. The minimum absolute atomic E-state index is 0.110. The van der Waals surface area contributed by atoms with Gasteiger partial charge in [0.15, 0.2) is 6.10 Å². The first-order chi connectivity index (χ1) is 12.0. The van der Waals surface area contributed by atoms with E-state index >= 15 is 0 Å². The molecule has 2 aromatic carbocycles. The number of carbonyl (C=O) groups is 1. The number of carbonyl (C=O) groups excluding carboxylic acids is 1. The Kier molecular flexibility index (Phi) is 7.14. The van der Waals surface area contributed by atoms with Crippen molar-refractivity contribution in [3.05, 3.63) is 59.1 Å². The zero-order valence-corrected chi connectivity index (χ0v) is 15.5. The van der Waals surface area contributed by atoms with E-state index in [-0.39, 0.29) is 12.0 Å². The largest absolute Gasteiger partial charge is 0.491 e. The van der Waals surface area contributed by atoms with E-state index in [1.54, 1.807) is 12.1 Å². The van der Waals surface area contributed by atoms with Crippen molar-refractivity contribution in [1.29, 1.82) is 0 Å². The zero-order valence-electron chi connectivity index (χ0n) is 14.8. The lowest BCUT2D eigenvalue weighted by molar-refractivity contribution is -0.128. The predicted molar refractivity (Wildman–Crippen MR) is 100 cm³/mol. The molecular weight excluding hydrogens is 338 g/mol. The van der Waals surface area contributed by atoms with E-state index in [0.29, 0.717) is 23.7 Å². The van der Waals surface area contributed by atoms with Gasteiger partial charge >= 0.3 is 0 Å². The first-order valence-electron chi connectivity index (χ1n) is 8.44. The summed E-state index contributed by atoms with van der Waals surface area (Å²) in [4.78, 5) is 12.4. The van der Waals surface area contributed by atoms with Crippen molar-refractivity contribution in [3.8, 4) is 11.5 Å². The van der Waals surface area contributed by atoms with Crippen molar-refractivity contribution in [2.75, 3.05) is 0 Å². The molecule has 0 spiro atoms. The van der Waals surface area contributed by atoms with Crippen molar-refractivity contribution in [2.45, 2.75) is 45.9 Å². The van der Waals surface area contributed by atoms with Crippen molar-refractivity contribution >= 4 is 17.5 Å². The number of benzene rings is 2. The average Bonchev–Trinajstić information content (AvgIpc) is 2.59. The topological polar surface area (TPSA) is 47.6 Å². The molecule has 0 aliphatic heterocycles. The van der Waals surface area contributed by atoms with Gasteiger partial charge in [0.1, 0.15) is 11.5 Å². The molecule has 4 nitrogen and oxygen atoms in total. The Bertz CT molecular complexity index is 703. The molecular formula is C20H24ClNO3. The normalized spacial score (nSPS) is 11.9. The maximum atomic E-state index is 12.4. The minimum atomic E-state index is -0.588. The summed E-state index contributed by atoms with van der Waals surface area (Å²) in [7, 11) is 0.